The van der Waals surface area contributed by atoms with E-state index in [1.165, 1.54) is 11.3 Å². The average molecular weight is 289 g/mol. The first-order valence-corrected chi connectivity index (χ1v) is 6.89. The van der Waals surface area contributed by atoms with Crippen molar-refractivity contribution < 1.29 is 4.79 Å². The van der Waals surface area contributed by atoms with Crippen LogP contribution < -0.4 is 5.73 Å². The molecule has 20 heavy (non-hydrogen) atoms. The molecule has 2 heterocycles. The quantitative estimate of drug-likeness (QED) is 0.816. The van der Waals surface area contributed by atoms with Crippen LogP contribution in [0.5, 0.6) is 0 Å². The van der Waals surface area contributed by atoms with Gasteiger partial charge in [-0.05, 0) is 13.0 Å². The predicted molar refractivity (Wildman–Crippen MR) is 77.2 cm³/mol. The number of carbonyl (C=O) groups excluding carboxylic acids is 1. The Bertz CT molecular complexity index is 664. The third kappa shape index (κ3) is 3.44. The molecule has 2 rings (SSSR count). The normalized spacial score (nSPS) is 9.95. The second-order valence-electron chi connectivity index (χ2n) is 4.20. The Morgan fingerprint density at radius 3 is 3.05 bits per heavy atom. The van der Waals surface area contributed by atoms with Crippen LogP contribution in [-0.2, 0) is 6.54 Å². The highest BCUT2D eigenvalue weighted by atomic mass is 32.1. The molecule has 0 atom stereocenters. The molecular formula is C13H15N5OS. The van der Waals surface area contributed by atoms with Gasteiger partial charge in [-0.1, -0.05) is 11.8 Å². The summed E-state index contributed by atoms with van der Waals surface area (Å²) in [5.41, 5.74) is 5.93. The highest BCUT2D eigenvalue weighted by Crippen LogP contribution is 2.15. The van der Waals surface area contributed by atoms with E-state index < -0.39 is 0 Å². The van der Waals surface area contributed by atoms with Gasteiger partial charge in [0.05, 0.1) is 23.5 Å². The molecule has 0 aromatic carbocycles. The molecule has 2 aromatic rings. The number of aromatic amines is 1. The average Bonchev–Trinajstić information content (AvgIpc) is 3.04. The van der Waals surface area contributed by atoms with E-state index in [-0.39, 0.29) is 5.91 Å². The molecule has 0 saturated heterocycles. The summed E-state index contributed by atoms with van der Waals surface area (Å²) < 4.78 is 0. The Labute approximate surface area is 121 Å². The molecule has 0 aliphatic heterocycles. The first-order valence-electron chi connectivity index (χ1n) is 6.01. The fourth-order valence-electron chi connectivity index (χ4n) is 1.62. The minimum absolute atomic E-state index is 0.0792. The zero-order valence-electron chi connectivity index (χ0n) is 11.3. The number of rotatable bonds is 3. The molecule has 7 heteroatoms. The first kappa shape index (κ1) is 14.2. The van der Waals surface area contributed by atoms with Crippen molar-refractivity contribution in [2.45, 2.75) is 13.5 Å². The summed E-state index contributed by atoms with van der Waals surface area (Å²) in [6.45, 7) is 2.49. The SMILES string of the molecule is Cc1nc(CN(C)C(=O)c2csc(C#CCN)c2)n[nH]1. The molecule has 0 aliphatic carbocycles. The van der Waals surface area contributed by atoms with Crippen LogP contribution in [-0.4, -0.2) is 39.6 Å². The van der Waals surface area contributed by atoms with Gasteiger partial charge in [0.1, 0.15) is 5.82 Å². The predicted octanol–water partition coefficient (Wildman–Crippen LogP) is 0.757. The lowest BCUT2D eigenvalue weighted by molar-refractivity contribution is 0.0782. The van der Waals surface area contributed by atoms with Gasteiger partial charge in [-0.3, -0.25) is 9.89 Å². The fraction of sp³-hybridized carbons (Fsp3) is 0.308. The van der Waals surface area contributed by atoms with Crippen LogP contribution in [0.4, 0.5) is 0 Å². The molecule has 0 aliphatic rings. The summed E-state index contributed by atoms with van der Waals surface area (Å²) in [7, 11) is 1.72. The summed E-state index contributed by atoms with van der Waals surface area (Å²) in [5, 5.41) is 8.56. The molecular weight excluding hydrogens is 274 g/mol. The molecule has 0 bridgehead atoms. The van der Waals surface area contributed by atoms with Gasteiger partial charge < -0.3 is 10.6 Å². The van der Waals surface area contributed by atoms with Crippen LogP contribution >= 0.6 is 11.3 Å². The van der Waals surface area contributed by atoms with Crippen molar-refractivity contribution in [2.75, 3.05) is 13.6 Å². The number of amides is 1. The van der Waals surface area contributed by atoms with Crippen molar-refractivity contribution in [1.29, 1.82) is 0 Å². The Kier molecular flexibility index (Phi) is 4.50. The van der Waals surface area contributed by atoms with Gasteiger partial charge in [0.25, 0.3) is 5.91 Å². The van der Waals surface area contributed by atoms with Gasteiger partial charge in [0, 0.05) is 12.4 Å². The number of aryl methyl sites for hydroxylation is 1. The Hall–Kier alpha value is -2.17. The lowest BCUT2D eigenvalue weighted by Gasteiger charge is -2.13. The number of hydrogen-bond acceptors (Lipinski definition) is 5. The summed E-state index contributed by atoms with van der Waals surface area (Å²) in [5.74, 6) is 6.93. The van der Waals surface area contributed by atoms with Crippen molar-refractivity contribution >= 4 is 17.2 Å². The summed E-state index contributed by atoms with van der Waals surface area (Å²) >= 11 is 1.43. The van der Waals surface area contributed by atoms with Gasteiger partial charge >= 0.3 is 0 Å². The zero-order valence-corrected chi connectivity index (χ0v) is 12.1. The van der Waals surface area contributed by atoms with Crippen LogP contribution in [0.3, 0.4) is 0 Å². The van der Waals surface area contributed by atoms with Crippen LogP contribution in [0.25, 0.3) is 0 Å². The number of aromatic nitrogens is 3. The molecule has 1 amide bonds. The summed E-state index contributed by atoms with van der Waals surface area (Å²) in [6.07, 6.45) is 0. The minimum atomic E-state index is -0.0792. The van der Waals surface area contributed by atoms with Crippen molar-refractivity contribution in [3.8, 4) is 11.8 Å². The third-order valence-electron chi connectivity index (χ3n) is 2.53. The van der Waals surface area contributed by atoms with E-state index in [0.29, 0.717) is 24.5 Å². The second-order valence-corrected chi connectivity index (χ2v) is 5.12. The van der Waals surface area contributed by atoms with Crippen molar-refractivity contribution in [1.82, 2.24) is 20.1 Å². The molecule has 3 N–H and O–H groups in total. The van der Waals surface area contributed by atoms with Crippen LogP contribution in [0.15, 0.2) is 11.4 Å². The Morgan fingerprint density at radius 1 is 1.60 bits per heavy atom. The standard InChI is InChI=1S/C13H15N5OS/c1-9-15-12(17-16-9)7-18(2)13(19)10-6-11(20-8-10)4-3-5-14/h6,8H,5,7,14H2,1-2H3,(H,15,16,17). The van der Waals surface area contributed by atoms with E-state index in [2.05, 4.69) is 27.0 Å². The van der Waals surface area contributed by atoms with Gasteiger partial charge in [-0.15, -0.1) is 11.3 Å². The van der Waals surface area contributed by atoms with Crippen LogP contribution in [0, 0.1) is 18.8 Å². The molecule has 0 fully saturated rings. The lowest BCUT2D eigenvalue weighted by Crippen LogP contribution is -2.26. The van der Waals surface area contributed by atoms with E-state index in [4.69, 9.17) is 5.73 Å². The number of hydrogen-bond donors (Lipinski definition) is 2. The van der Waals surface area contributed by atoms with Crippen molar-refractivity contribution in [2.24, 2.45) is 5.73 Å². The summed E-state index contributed by atoms with van der Waals surface area (Å²) in [4.78, 5) is 18.8. The first-order chi connectivity index (χ1) is 9.60. The molecule has 0 saturated carbocycles. The molecule has 0 unspecified atom stereocenters. The number of nitrogens with zero attached hydrogens (tertiary/aromatic N) is 3. The topological polar surface area (TPSA) is 87.9 Å². The van der Waals surface area contributed by atoms with E-state index in [0.717, 1.165) is 10.7 Å². The summed E-state index contributed by atoms with van der Waals surface area (Å²) in [6, 6.07) is 1.77. The fourth-order valence-corrected chi connectivity index (χ4v) is 2.37. The second kappa shape index (κ2) is 6.32. The maximum absolute atomic E-state index is 12.2. The number of H-pyrrole nitrogens is 1. The number of carbonyl (C=O) groups is 1. The minimum Gasteiger partial charge on any atom is -0.334 e. The zero-order chi connectivity index (χ0) is 14.5. The largest absolute Gasteiger partial charge is 0.334 e. The molecule has 0 radical (unpaired) electrons. The van der Waals surface area contributed by atoms with Crippen LogP contribution in [0.1, 0.15) is 26.9 Å². The van der Waals surface area contributed by atoms with E-state index in [9.17, 15) is 4.79 Å². The van der Waals surface area contributed by atoms with Gasteiger partial charge in [-0.2, -0.15) is 5.10 Å². The molecule has 2 aromatic heterocycles. The highest BCUT2D eigenvalue weighted by Gasteiger charge is 2.15. The number of thiophene rings is 1. The smallest absolute Gasteiger partial charge is 0.254 e. The molecule has 0 spiro atoms. The lowest BCUT2D eigenvalue weighted by atomic mass is 10.2. The number of nitrogens with one attached hydrogen (secondary N) is 1. The third-order valence-corrected chi connectivity index (χ3v) is 3.37. The van der Waals surface area contributed by atoms with Gasteiger partial charge in [0.15, 0.2) is 5.82 Å². The monoisotopic (exact) mass is 289 g/mol. The Balaban J connectivity index is 2.04. The van der Waals surface area contributed by atoms with E-state index >= 15 is 0 Å². The Morgan fingerprint density at radius 2 is 2.40 bits per heavy atom. The molecule has 104 valence electrons. The maximum atomic E-state index is 12.2. The highest BCUT2D eigenvalue weighted by molar-refractivity contribution is 7.10. The van der Waals surface area contributed by atoms with E-state index in [1.807, 2.05) is 6.92 Å². The number of nitrogens with two attached hydrogens (primary N) is 1. The van der Waals surface area contributed by atoms with Gasteiger partial charge in [-0.25, -0.2) is 4.98 Å². The maximum Gasteiger partial charge on any atom is 0.254 e. The molecule has 6 nitrogen and oxygen atoms in total. The van der Waals surface area contributed by atoms with Crippen molar-refractivity contribution in [3.05, 3.63) is 33.5 Å². The van der Waals surface area contributed by atoms with Crippen molar-refractivity contribution in [3.63, 3.8) is 0 Å². The van der Waals surface area contributed by atoms with Gasteiger partial charge in [0.2, 0.25) is 0 Å². The van der Waals surface area contributed by atoms with Crippen LogP contribution in [0.2, 0.25) is 0 Å². The van der Waals surface area contributed by atoms with E-state index in [1.54, 1.807) is 23.4 Å².